The first-order valence-electron chi connectivity index (χ1n) is 8.86. The minimum atomic E-state index is -3.41. The van der Waals surface area contributed by atoms with Gasteiger partial charge in [0.15, 0.2) is 0 Å². The van der Waals surface area contributed by atoms with Crippen molar-refractivity contribution < 1.29 is 8.42 Å². The number of rotatable bonds is 5. The van der Waals surface area contributed by atoms with Crippen LogP contribution in [0.5, 0.6) is 0 Å². The lowest BCUT2D eigenvalue weighted by Crippen LogP contribution is -2.10. The Hall–Kier alpha value is -2.97. The highest BCUT2D eigenvalue weighted by Gasteiger charge is 2.16. The predicted octanol–water partition coefficient (Wildman–Crippen LogP) is 4.13. The SMILES string of the molecule is Cc1cc(-c2cc(NS(C)(=O)=O)ccc2Sc2ccccc2)n2cc[nH]c(=O)c12. The molecule has 29 heavy (non-hydrogen) atoms. The van der Waals surface area contributed by atoms with Crippen LogP contribution in [-0.2, 0) is 10.0 Å². The number of nitrogens with one attached hydrogen (secondary N) is 2. The van der Waals surface area contributed by atoms with Crippen molar-refractivity contribution in [3.63, 3.8) is 0 Å². The van der Waals surface area contributed by atoms with Crippen LogP contribution in [0.4, 0.5) is 5.69 Å². The summed E-state index contributed by atoms with van der Waals surface area (Å²) in [6.45, 7) is 1.89. The van der Waals surface area contributed by atoms with Gasteiger partial charge in [0.25, 0.3) is 5.56 Å². The van der Waals surface area contributed by atoms with Crippen LogP contribution >= 0.6 is 11.8 Å². The molecule has 0 saturated carbocycles. The quantitative estimate of drug-likeness (QED) is 0.504. The molecule has 0 radical (unpaired) electrons. The Kier molecular flexibility index (Phi) is 4.97. The van der Waals surface area contributed by atoms with Crippen molar-refractivity contribution >= 4 is 33.0 Å². The molecule has 0 aliphatic rings. The van der Waals surface area contributed by atoms with Crippen molar-refractivity contribution in [2.24, 2.45) is 0 Å². The van der Waals surface area contributed by atoms with Crippen LogP contribution in [0.3, 0.4) is 0 Å². The van der Waals surface area contributed by atoms with Gasteiger partial charge in [0.1, 0.15) is 5.52 Å². The summed E-state index contributed by atoms with van der Waals surface area (Å²) < 4.78 is 27.8. The van der Waals surface area contributed by atoms with Gasteiger partial charge in [-0.25, -0.2) is 8.42 Å². The number of nitrogens with zero attached hydrogens (tertiary/aromatic N) is 1. The predicted molar refractivity (Wildman–Crippen MR) is 117 cm³/mol. The average Bonchev–Trinajstić information content (AvgIpc) is 3.00. The van der Waals surface area contributed by atoms with E-state index in [2.05, 4.69) is 9.71 Å². The maximum atomic E-state index is 12.3. The second-order valence-electron chi connectivity index (χ2n) is 6.72. The second-order valence-corrected chi connectivity index (χ2v) is 9.58. The Bertz CT molecular complexity index is 1360. The van der Waals surface area contributed by atoms with E-state index >= 15 is 0 Å². The monoisotopic (exact) mass is 425 g/mol. The molecule has 0 unspecified atom stereocenters. The number of aromatic amines is 1. The molecule has 148 valence electrons. The highest BCUT2D eigenvalue weighted by Crippen LogP contribution is 2.38. The van der Waals surface area contributed by atoms with Gasteiger partial charge in [-0.1, -0.05) is 30.0 Å². The van der Waals surface area contributed by atoms with E-state index in [1.165, 1.54) is 0 Å². The van der Waals surface area contributed by atoms with Crippen molar-refractivity contribution in [2.75, 3.05) is 11.0 Å². The third-order valence-electron chi connectivity index (χ3n) is 4.41. The standard InChI is InChI=1S/C21H19N3O3S2/c1-14-12-18(24-11-10-22-21(25)20(14)24)17-13-15(23-29(2,26)27)8-9-19(17)28-16-6-4-3-5-7-16/h3-13,23H,1-2H3,(H,22,25). The van der Waals surface area contributed by atoms with Crippen LogP contribution < -0.4 is 10.3 Å². The molecule has 0 amide bonds. The van der Waals surface area contributed by atoms with Crippen molar-refractivity contribution in [2.45, 2.75) is 16.7 Å². The molecule has 0 aliphatic carbocycles. The van der Waals surface area contributed by atoms with E-state index in [1.807, 2.05) is 53.8 Å². The van der Waals surface area contributed by atoms with Gasteiger partial charge in [0.05, 0.1) is 11.9 Å². The van der Waals surface area contributed by atoms with E-state index in [4.69, 9.17) is 0 Å². The molecule has 0 bridgehead atoms. The van der Waals surface area contributed by atoms with Gasteiger partial charge in [-0.15, -0.1) is 0 Å². The van der Waals surface area contributed by atoms with Gasteiger partial charge in [0, 0.05) is 33.4 Å². The number of benzene rings is 2. The molecule has 2 aromatic heterocycles. The Morgan fingerprint density at radius 3 is 2.55 bits per heavy atom. The van der Waals surface area contributed by atoms with Crippen LogP contribution in [0.25, 0.3) is 16.8 Å². The first-order valence-corrected chi connectivity index (χ1v) is 11.6. The smallest absolute Gasteiger partial charge is 0.272 e. The Labute approximate surface area is 172 Å². The summed E-state index contributed by atoms with van der Waals surface area (Å²) in [4.78, 5) is 17.0. The van der Waals surface area contributed by atoms with E-state index in [1.54, 1.807) is 36.3 Å². The van der Waals surface area contributed by atoms with Gasteiger partial charge in [-0.2, -0.15) is 0 Å². The van der Waals surface area contributed by atoms with E-state index < -0.39 is 10.0 Å². The first kappa shape index (κ1) is 19.4. The van der Waals surface area contributed by atoms with E-state index in [-0.39, 0.29) is 5.56 Å². The lowest BCUT2D eigenvalue weighted by atomic mass is 10.1. The van der Waals surface area contributed by atoms with E-state index in [9.17, 15) is 13.2 Å². The minimum absolute atomic E-state index is 0.168. The van der Waals surface area contributed by atoms with Gasteiger partial charge in [-0.05, 0) is 48.9 Å². The first-order chi connectivity index (χ1) is 13.8. The van der Waals surface area contributed by atoms with Gasteiger partial charge in [-0.3, -0.25) is 9.52 Å². The fraction of sp³-hybridized carbons (Fsp3) is 0.0952. The Balaban J connectivity index is 1.93. The molecule has 4 aromatic rings. The molecule has 2 heterocycles. The van der Waals surface area contributed by atoms with Gasteiger partial charge in [0.2, 0.25) is 10.0 Å². The topological polar surface area (TPSA) is 83.4 Å². The highest BCUT2D eigenvalue weighted by molar-refractivity contribution is 7.99. The molecule has 0 spiro atoms. The molecular formula is C21H19N3O3S2. The number of anilines is 1. The number of hydrogen-bond donors (Lipinski definition) is 2. The van der Waals surface area contributed by atoms with Crippen molar-refractivity contribution in [3.05, 3.63) is 82.9 Å². The Morgan fingerprint density at radius 2 is 1.83 bits per heavy atom. The van der Waals surface area contributed by atoms with Crippen molar-refractivity contribution in [3.8, 4) is 11.3 Å². The fourth-order valence-electron chi connectivity index (χ4n) is 3.27. The van der Waals surface area contributed by atoms with Crippen LogP contribution in [0.15, 0.2) is 81.6 Å². The molecule has 0 aliphatic heterocycles. The van der Waals surface area contributed by atoms with Crippen LogP contribution in [0, 0.1) is 6.92 Å². The molecule has 0 fully saturated rings. The van der Waals surface area contributed by atoms with Crippen LogP contribution in [0.2, 0.25) is 0 Å². The number of fused-ring (bicyclic) bond motifs is 1. The number of hydrogen-bond acceptors (Lipinski definition) is 4. The molecule has 2 N–H and O–H groups in total. The Morgan fingerprint density at radius 1 is 1.07 bits per heavy atom. The summed E-state index contributed by atoms with van der Waals surface area (Å²) in [6, 6.07) is 17.3. The fourth-order valence-corrected chi connectivity index (χ4v) is 4.78. The average molecular weight is 426 g/mol. The summed E-state index contributed by atoms with van der Waals surface area (Å²) in [5, 5.41) is 0. The number of aromatic nitrogens is 2. The van der Waals surface area contributed by atoms with Gasteiger partial charge < -0.3 is 9.38 Å². The van der Waals surface area contributed by atoms with Crippen molar-refractivity contribution in [1.29, 1.82) is 0 Å². The summed E-state index contributed by atoms with van der Waals surface area (Å²) in [7, 11) is -3.41. The molecule has 4 rings (SSSR count). The van der Waals surface area contributed by atoms with Crippen LogP contribution in [0.1, 0.15) is 5.56 Å². The molecular weight excluding hydrogens is 406 g/mol. The maximum Gasteiger partial charge on any atom is 0.272 e. The van der Waals surface area contributed by atoms with Crippen molar-refractivity contribution in [1.82, 2.24) is 9.38 Å². The maximum absolute atomic E-state index is 12.3. The molecule has 0 atom stereocenters. The number of H-pyrrole nitrogens is 1. The largest absolute Gasteiger partial charge is 0.326 e. The third-order valence-corrected chi connectivity index (χ3v) is 6.10. The van der Waals surface area contributed by atoms with Gasteiger partial charge >= 0.3 is 0 Å². The van der Waals surface area contributed by atoms with Crippen LogP contribution in [-0.4, -0.2) is 24.1 Å². The normalized spacial score (nSPS) is 11.7. The lowest BCUT2D eigenvalue weighted by Gasteiger charge is -2.13. The van der Waals surface area contributed by atoms with E-state index in [0.29, 0.717) is 11.2 Å². The minimum Gasteiger partial charge on any atom is -0.326 e. The molecule has 0 saturated heterocycles. The third kappa shape index (κ3) is 4.08. The zero-order valence-electron chi connectivity index (χ0n) is 15.8. The lowest BCUT2D eigenvalue weighted by molar-refractivity contribution is 0.607. The molecule has 2 aromatic carbocycles. The van der Waals surface area contributed by atoms with E-state index in [0.717, 1.165) is 32.9 Å². The number of sulfonamides is 1. The zero-order valence-corrected chi connectivity index (χ0v) is 17.5. The summed E-state index contributed by atoms with van der Waals surface area (Å²) in [6.07, 6.45) is 4.52. The molecule has 6 nitrogen and oxygen atoms in total. The summed E-state index contributed by atoms with van der Waals surface area (Å²) in [5.74, 6) is 0. The molecule has 8 heteroatoms. The zero-order chi connectivity index (χ0) is 20.6. The summed E-state index contributed by atoms with van der Waals surface area (Å²) in [5.41, 5.74) is 3.37. The highest BCUT2D eigenvalue weighted by atomic mass is 32.2. The summed E-state index contributed by atoms with van der Waals surface area (Å²) >= 11 is 1.58. The second kappa shape index (κ2) is 7.46. The number of aryl methyl sites for hydroxylation is 1.